The average molecular weight is 469 g/mol. The van der Waals surface area contributed by atoms with Crippen molar-refractivity contribution in [3.8, 4) is 16.9 Å². The predicted octanol–water partition coefficient (Wildman–Crippen LogP) is 3.01. The number of nitrogens with zero attached hydrogens (tertiary/aromatic N) is 4. The van der Waals surface area contributed by atoms with Crippen LogP contribution in [0.1, 0.15) is 28.9 Å². The molecule has 0 saturated carbocycles. The van der Waals surface area contributed by atoms with Crippen LogP contribution in [0, 0.1) is 5.92 Å². The molecule has 4 rings (SSSR count). The first-order valence-corrected chi connectivity index (χ1v) is 11.6. The lowest BCUT2D eigenvalue weighted by molar-refractivity contribution is -0.148. The van der Waals surface area contributed by atoms with Gasteiger partial charge < -0.3 is 29.3 Å². The van der Waals surface area contributed by atoms with Crippen molar-refractivity contribution in [1.29, 1.82) is 0 Å². The average Bonchev–Trinajstić information content (AvgIpc) is 2.86. The third-order valence-electron chi connectivity index (χ3n) is 6.45. The number of piperidine rings is 1. The Hall–Kier alpha value is -3.17. The highest BCUT2D eigenvalue weighted by Crippen LogP contribution is 2.35. The second kappa shape index (κ2) is 10.4. The van der Waals surface area contributed by atoms with Gasteiger partial charge in [-0.25, -0.2) is 4.79 Å². The Kier molecular flexibility index (Phi) is 7.33. The van der Waals surface area contributed by atoms with Crippen LogP contribution in [0.2, 0.25) is 0 Å². The minimum atomic E-state index is -0.870. The van der Waals surface area contributed by atoms with Gasteiger partial charge in [0.1, 0.15) is 11.4 Å². The van der Waals surface area contributed by atoms with Crippen LogP contribution in [-0.2, 0) is 11.3 Å². The van der Waals surface area contributed by atoms with Crippen LogP contribution in [-0.4, -0.2) is 90.4 Å². The van der Waals surface area contributed by atoms with Gasteiger partial charge in [0.25, 0.3) is 5.91 Å². The number of carbonyl (C=O) groups is 2. The molecule has 0 spiro atoms. The van der Waals surface area contributed by atoms with E-state index in [-0.39, 0.29) is 18.1 Å². The molecule has 1 atom stereocenters. The smallest absolute Gasteiger partial charge is 0.407 e. The number of rotatable bonds is 6. The number of hydrogen-bond acceptors (Lipinski definition) is 6. The van der Waals surface area contributed by atoms with Gasteiger partial charge in [-0.2, -0.15) is 0 Å². The lowest BCUT2D eigenvalue weighted by Crippen LogP contribution is -2.43. The first-order chi connectivity index (χ1) is 16.3. The molecule has 3 heterocycles. The van der Waals surface area contributed by atoms with E-state index in [4.69, 9.17) is 14.6 Å². The van der Waals surface area contributed by atoms with Gasteiger partial charge in [-0.1, -0.05) is 12.1 Å². The van der Waals surface area contributed by atoms with E-state index in [0.29, 0.717) is 31.9 Å². The molecular weight excluding hydrogens is 436 g/mol. The lowest BCUT2D eigenvalue weighted by Gasteiger charge is -2.36. The predicted molar refractivity (Wildman–Crippen MR) is 127 cm³/mol. The number of pyridine rings is 1. The Bertz CT molecular complexity index is 1020. The van der Waals surface area contributed by atoms with E-state index < -0.39 is 6.09 Å². The van der Waals surface area contributed by atoms with Crippen molar-refractivity contribution >= 4 is 12.0 Å². The Morgan fingerprint density at radius 3 is 2.47 bits per heavy atom. The van der Waals surface area contributed by atoms with E-state index in [9.17, 15) is 9.59 Å². The first-order valence-electron chi connectivity index (χ1n) is 11.6. The number of carbonyl (C=O) groups excluding carboxylic acids is 1. The second-order valence-corrected chi connectivity index (χ2v) is 9.19. The van der Waals surface area contributed by atoms with Crippen LogP contribution in [0.4, 0.5) is 4.79 Å². The molecule has 1 aromatic heterocycles. The summed E-state index contributed by atoms with van der Waals surface area (Å²) >= 11 is 0. The summed E-state index contributed by atoms with van der Waals surface area (Å²) in [5.41, 5.74) is 3.27. The van der Waals surface area contributed by atoms with Crippen LogP contribution in [0.25, 0.3) is 11.1 Å². The van der Waals surface area contributed by atoms with E-state index in [0.717, 1.165) is 41.8 Å². The summed E-state index contributed by atoms with van der Waals surface area (Å²) in [6, 6.07) is 9.62. The monoisotopic (exact) mass is 468 g/mol. The normalized spacial score (nSPS) is 18.4. The SMILES string of the molecule is CN(C)CCN(C)C(=O)c1ccc(-c2ccc3c(c2)COC(C2CCN(C(=O)O)CC2)O3)cn1. The summed E-state index contributed by atoms with van der Waals surface area (Å²) < 4.78 is 12.1. The van der Waals surface area contributed by atoms with Crippen LogP contribution < -0.4 is 4.74 Å². The number of benzene rings is 1. The minimum Gasteiger partial charge on any atom is -0.465 e. The number of hydrogen-bond donors (Lipinski definition) is 1. The number of likely N-dealkylation sites (N-methyl/N-ethyl adjacent to an activating group) is 2. The zero-order valence-electron chi connectivity index (χ0n) is 19.9. The van der Waals surface area contributed by atoms with Gasteiger partial charge in [0.2, 0.25) is 6.29 Å². The maximum absolute atomic E-state index is 12.6. The molecule has 9 nitrogen and oxygen atoms in total. The second-order valence-electron chi connectivity index (χ2n) is 9.19. The molecule has 2 amide bonds. The fourth-order valence-corrected chi connectivity index (χ4v) is 4.25. The highest BCUT2D eigenvalue weighted by molar-refractivity contribution is 5.92. The number of likely N-dealkylation sites (tertiary alicyclic amines) is 1. The van der Waals surface area contributed by atoms with Crippen molar-refractivity contribution in [3.63, 3.8) is 0 Å². The molecule has 9 heteroatoms. The fourth-order valence-electron chi connectivity index (χ4n) is 4.25. The number of amides is 2. The molecule has 1 N–H and O–H groups in total. The zero-order chi connectivity index (χ0) is 24.2. The Morgan fingerprint density at radius 2 is 1.82 bits per heavy atom. The molecule has 1 fully saturated rings. The van der Waals surface area contributed by atoms with E-state index >= 15 is 0 Å². The van der Waals surface area contributed by atoms with Gasteiger partial charge in [0.15, 0.2) is 0 Å². The summed E-state index contributed by atoms with van der Waals surface area (Å²) in [6.07, 6.45) is 1.95. The van der Waals surface area contributed by atoms with Crippen LogP contribution >= 0.6 is 0 Å². The molecule has 182 valence electrons. The molecule has 2 aliphatic heterocycles. The summed E-state index contributed by atoms with van der Waals surface area (Å²) in [5.74, 6) is 0.873. The Morgan fingerprint density at radius 1 is 1.09 bits per heavy atom. The number of fused-ring (bicyclic) bond motifs is 1. The minimum absolute atomic E-state index is 0.0964. The standard InChI is InChI=1S/C25H32N4O5/c1-27(2)12-13-28(3)23(30)21-6-4-19(15-26-21)18-5-7-22-20(14-18)16-33-24(34-22)17-8-10-29(11-9-17)25(31)32/h4-7,14-15,17,24H,8-13,16H2,1-3H3,(H,31,32). The summed E-state index contributed by atoms with van der Waals surface area (Å²) in [7, 11) is 5.74. The number of carboxylic acid groups (broad SMARTS) is 1. The molecule has 1 saturated heterocycles. The van der Waals surface area contributed by atoms with Crippen LogP contribution in [0.15, 0.2) is 36.5 Å². The maximum Gasteiger partial charge on any atom is 0.407 e. The highest BCUT2D eigenvalue weighted by atomic mass is 16.7. The van der Waals surface area contributed by atoms with Gasteiger partial charge in [-0.15, -0.1) is 0 Å². The van der Waals surface area contributed by atoms with Crippen molar-refractivity contribution < 1.29 is 24.2 Å². The zero-order valence-corrected chi connectivity index (χ0v) is 19.9. The molecule has 2 aromatic rings. The van der Waals surface area contributed by atoms with Crippen molar-refractivity contribution in [1.82, 2.24) is 19.7 Å². The van der Waals surface area contributed by atoms with E-state index in [1.165, 1.54) is 4.90 Å². The van der Waals surface area contributed by atoms with E-state index in [1.54, 1.807) is 24.2 Å². The van der Waals surface area contributed by atoms with Crippen molar-refractivity contribution in [2.45, 2.75) is 25.7 Å². The molecule has 0 radical (unpaired) electrons. The van der Waals surface area contributed by atoms with Gasteiger partial charge in [-0.3, -0.25) is 9.78 Å². The summed E-state index contributed by atoms with van der Waals surface area (Å²) in [4.78, 5) is 33.3. The quantitative estimate of drug-likeness (QED) is 0.696. The molecule has 34 heavy (non-hydrogen) atoms. The van der Waals surface area contributed by atoms with Crippen LogP contribution in [0.5, 0.6) is 5.75 Å². The third kappa shape index (κ3) is 5.48. The van der Waals surface area contributed by atoms with Crippen molar-refractivity contribution in [2.75, 3.05) is 47.3 Å². The number of aromatic nitrogens is 1. The Balaban J connectivity index is 1.38. The summed E-state index contributed by atoms with van der Waals surface area (Å²) in [6.45, 7) is 2.88. The van der Waals surface area contributed by atoms with E-state index in [2.05, 4.69) is 4.98 Å². The van der Waals surface area contributed by atoms with Crippen molar-refractivity contribution in [3.05, 3.63) is 47.8 Å². The molecule has 1 unspecified atom stereocenters. The van der Waals surface area contributed by atoms with Gasteiger partial charge in [0.05, 0.1) is 6.61 Å². The topological polar surface area (TPSA) is 95.4 Å². The number of ether oxygens (including phenoxy) is 2. The Labute approximate surface area is 199 Å². The largest absolute Gasteiger partial charge is 0.465 e. The fraction of sp³-hybridized carbons (Fsp3) is 0.480. The van der Waals surface area contributed by atoms with Gasteiger partial charge >= 0.3 is 6.09 Å². The lowest BCUT2D eigenvalue weighted by atomic mass is 9.95. The molecule has 2 aliphatic rings. The van der Waals surface area contributed by atoms with Gasteiger partial charge in [0, 0.05) is 56.5 Å². The molecular formula is C25H32N4O5. The molecule has 1 aromatic carbocycles. The van der Waals surface area contributed by atoms with Crippen LogP contribution in [0.3, 0.4) is 0 Å². The highest BCUT2D eigenvalue weighted by Gasteiger charge is 2.33. The first kappa shape index (κ1) is 24.0. The van der Waals surface area contributed by atoms with Gasteiger partial charge in [-0.05, 0) is 50.7 Å². The molecule has 0 aliphatic carbocycles. The van der Waals surface area contributed by atoms with Crippen molar-refractivity contribution in [2.24, 2.45) is 5.92 Å². The van der Waals surface area contributed by atoms with E-state index in [1.807, 2.05) is 43.3 Å². The maximum atomic E-state index is 12.6. The summed E-state index contributed by atoms with van der Waals surface area (Å²) in [5, 5.41) is 9.13. The molecule has 0 bridgehead atoms. The third-order valence-corrected chi connectivity index (χ3v) is 6.45.